The van der Waals surface area contributed by atoms with Crippen LogP contribution in [0.15, 0.2) is 45.8 Å². The number of nitrogens with zero attached hydrogens (tertiary/aromatic N) is 1. The molecule has 2 N–H and O–H groups in total. The van der Waals surface area contributed by atoms with Gasteiger partial charge in [-0.3, -0.25) is 4.79 Å². The summed E-state index contributed by atoms with van der Waals surface area (Å²) in [6.45, 7) is 1.77. The van der Waals surface area contributed by atoms with Crippen LogP contribution in [0, 0.1) is 5.82 Å². The zero-order chi connectivity index (χ0) is 16.6. The summed E-state index contributed by atoms with van der Waals surface area (Å²) in [5.74, 6) is -0.419. The molecule has 0 radical (unpaired) electrons. The standard InChI is InChI=1S/C16H12BrClFN3O.H2S/c1-8(21-15-14(19)12(17)4-5-20-15)11-7-9-6-10(18)2-3-13(9)22-16(11)23;/h2-8H,1H3,(H,20,21)(H,22,23);1H2/t8-;/m0./s1. The van der Waals surface area contributed by atoms with E-state index in [1.807, 2.05) is 0 Å². The number of H-pyrrole nitrogens is 1. The number of pyridine rings is 2. The minimum Gasteiger partial charge on any atom is -0.361 e. The van der Waals surface area contributed by atoms with E-state index in [2.05, 4.69) is 31.2 Å². The summed E-state index contributed by atoms with van der Waals surface area (Å²) in [5.41, 5.74) is 0.929. The van der Waals surface area contributed by atoms with E-state index in [9.17, 15) is 9.18 Å². The SMILES string of the molecule is C[C@H](Nc1nccc(Br)c1F)c1cc2cc(Cl)ccc2[nH]c1=O.S. The van der Waals surface area contributed by atoms with Crippen LogP contribution >= 0.6 is 41.0 Å². The molecule has 0 amide bonds. The van der Waals surface area contributed by atoms with Crippen molar-refractivity contribution in [2.24, 2.45) is 0 Å². The zero-order valence-electron chi connectivity index (χ0n) is 12.5. The van der Waals surface area contributed by atoms with Crippen LogP contribution in [0.1, 0.15) is 18.5 Å². The van der Waals surface area contributed by atoms with E-state index in [0.29, 0.717) is 20.6 Å². The molecule has 0 unspecified atom stereocenters. The van der Waals surface area contributed by atoms with Gasteiger partial charge >= 0.3 is 0 Å². The Balaban J connectivity index is 0.00000208. The quantitative estimate of drug-likeness (QED) is 0.629. The van der Waals surface area contributed by atoms with E-state index in [1.54, 1.807) is 31.2 Å². The normalized spacial score (nSPS) is 11.8. The van der Waals surface area contributed by atoms with Crippen molar-refractivity contribution in [2.75, 3.05) is 5.32 Å². The molecule has 3 rings (SSSR count). The number of halogens is 3. The molecule has 0 fully saturated rings. The molecule has 0 aliphatic heterocycles. The molecular formula is C16H14BrClFN3OS. The molecule has 0 saturated heterocycles. The molecule has 24 heavy (non-hydrogen) atoms. The molecule has 8 heteroatoms. The van der Waals surface area contributed by atoms with Crippen LogP contribution < -0.4 is 10.9 Å². The first kappa shape index (κ1) is 18.8. The fraction of sp³-hybridized carbons (Fsp3) is 0.125. The van der Waals surface area contributed by atoms with Crippen molar-refractivity contribution in [2.45, 2.75) is 13.0 Å². The summed E-state index contributed by atoms with van der Waals surface area (Å²) < 4.78 is 14.3. The van der Waals surface area contributed by atoms with Gasteiger partial charge in [0.2, 0.25) is 0 Å². The number of aromatic amines is 1. The maximum atomic E-state index is 14.0. The van der Waals surface area contributed by atoms with E-state index in [1.165, 1.54) is 12.3 Å². The highest BCUT2D eigenvalue weighted by Gasteiger charge is 2.15. The van der Waals surface area contributed by atoms with Crippen LogP contribution in [0.25, 0.3) is 10.9 Å². The Kier molecular flexibility index (Phi) is 5.90. The molecule has 1 aromatic carbocycles. The van der Waals surface area contributed by atoms with Crippen LogP contribution in [-0.2, 0) is 0 Å². The van der Waals surface area contributed by atoms with E-state index in [4.69, 9.17) is 11.6 Å². The van der Waals surface area contributed by atoms with Crippen molar-refractivity contribution in [1.29, 1.82) is 0 Å². The Morgan fingerprint density at radius 3 is 2.83 bits per heavy atom. The molecule has 0 spiro atoms. The minimum atomic E-state index is -0.500. The maximum Gasteiger partial charge on any atom is 0.253 e. The molecule has 0 saturated carbocycles. The van der Waals surface area contributed by atoms with Gasteiger partial charge < -0.3 is 10.3 Å². The summed E-state index contributed by atoms with van der Waals surface area (Å²) in [5, 5.41) is 4.31. The van der Waals surface area contributed by atoms with Gasteiger partial charge in [-0.2, -0.15) is 13.5 Å². The van der Waals surface area contributed by atoms with Crippen molar-refractivity contribution >= 4 is 57.7 Å². The average molecular weight is 431 g/mol. The lowest BCUT2D eigenvalue weighted by Gasteiger charge is -2.15. The molecule has 4 nitrogen and oxygen atoms in total. The highest BCUT2D eigenvalue weighted by molar-refractivity contribution is 9.10. The van der Waals surface area contributed by atoms with Gasteiger partial charge in [0.15, 0.2) is 11.6 Å². The Bertz CT molecular complexity index is 950. The summed E-state index contributed by atoms with van der Waals surface area (Å²) in [4.78, 5) is 19.0. The molecule has 3 aromatic rings. The average Bonchev–Trinajstić information content (AvgIpc) is 2.51. The van der Waals surface area contributed by atoms with Crippen molar-refractivity contribution < 1.29 is 4.39 Å². The minimum absolute atomic E-state index is 0. The van der Waals surface area contributed by atoms with E-state index in [0.717, 1.165) is 5.39 Å². The summed E-state index contributed by atoms with van der Waals surface area (Å²) in [7, 11) is 0. The molecular weight excluding hydrogens is 417 g/mol. The predicted molar refractivity (Wildman–Crippen MR) is 104 cm³/mol. The van der Waals surface area contributed by atoms with E-state index in [-0.39, 0.29) is 24.9 Å². The van der Waals surface area contributed by atoms with Crippen molar-refractivity contribution in [3.8, 4) is 0 Å². The molecule has 2 aromatic heterocycles. The van der Waals surface area contributed by atoms with Gasteiger partial charge in [-0.25, -0.2) is 9.37 Å². The predicted octanol–water partition coefficient (Wildman–Crippen LogP) is 4.76. The Hall–Kier alpha value is -1.57. The van der Waals surface area contributed by atoms with Crippen molar-refractivity contribution in [3.05, 3.63) is 67.8 Å². The van der Waals surface area contributed by atoms with Gasteiger partial charge in [0.1, 0.15) is 0 Å². The number of aromatic nitrogens is 2. The third kappa shape index (κ3) is 3.74. The summed E-state index contributed by atoms with van der Waals surface area (Å²) in [6, 6.07) is 8.04. The molecule has 1 atom stereocenters. The van der Waals surface area contributed by atoms with E-state index < -0.39 is 11.9 Å². The number of hydrogen-bond acceptors (Lipinski definition) is 3. The zero-order valence-corrected chi connectivity index (χ0v) is 15.9. The number of nitrogens with one attached hydrogen (secondary N) is 2. The van der Waals surface area contributed by atoms with Crippen LogP contribution in [0.4, 0.5) is 10.2 Å². The monoisotopic (exact) mass is 429 g/mol. The second kappa shape index (κ2) is 7.55. The Morgan fingerprint density at radius 2 is 2.08 bits per heavy atom. The van der Waals surface area contributed by atoms with Gasteiger partial charge in [0, 0.05) is 27.7 Å². The largest absolute Gasteiger partial charge is 0.361 e. The first-order valence-corrected chi connectivity index (χ1v) is 8.02. The Morgan fingerprint density at radius 1 is 1.33 bits per heavy atom. The fourth-order valence-electron chi connectivity index (χ4n) is 2.32. The molecule has 0 aliphatic carbocycles. The molecule has 0 aliphatic rings. The lowest BCUT2D eigenvalue weighted by atomic mass is 10.1. The fourth-order valence-corrected chi connectivity index (χ4v) is 2.81. The number of rotatable bonds is 3. The molecule has 2 heterocycles. The van der Waals surface area contributed by atoms with Crippen molar-refractivity contribution in [3.63, 3.8) is 0 Å². The van der Waals surface area contributed by atoms with Gasteiger partial charge in [0.25, 0.3) is 5.56 Å². The van der Waals surface area contributed by atoms with Crippen LogP contribution in [-0.4, -0.2) is 9.97 Å². The third-order valence-electron chi connectivity index (χ3n) is 3.50. The maximum absolute atomic E-state index is 14.0. The van der Waals surface area contributed by atoms with Gasteiger partial charge in [0.05, 0.1) is 10.5 Å². The Labute approximate surface area is 158 Å². The van der Waals surface area contributed by atoms with E-state index >= 15 is 0 Å². The van der Waals surface area contributed by atoms with Crippen molar-refractivity contribution in [1.82, 2.24) is 9.97 Å². The number of benzene rings is 1. The third-order valence-corrected chi connectivity index (χ3v) is 4.34. The molecule has 126 valence electrons. The van der Waals surface area contributed by atoms with Gasteiger partial charge in [-0.15, -0.1) is 0 Å². The lowest BCUT2D eigenvalue weighted by Crippen LogP contribution is -2.20. The second-order valence-electron chi connectivity index (χ2n) is 5.11. The highest BCUT2D eigenvalue weighted by atomic mass is 79.9. The van der Waals surface area contributed by atoms with Crippen LogP contribution in [0.2, 0.25) is 5.02 Å². The van der Waals surface area contributed by atoms with Gasteiger partial charge in [-0.1, -0.05) is 11.6 Å². The summed E-state index contributed by atoms with van der Waals surface area (Å²) in [6.07, 6.45) is 1.48. The first-order chi connectivity index (χ1) is 11.0. The molecule has 0 bridgehead atoms. The first-order valence-electron chi connectivity index (χ1n) is 6.84. The number of hydrogen-bond donors (Lipinski definition) is 2. The van der Waals surface area contributed by atoms with Crippen LogP contribution in [0.5, 0.6) is 0 Å². The smallest absolute Gasteiger partial charge is 0.253 e. The highest BCUT2D eigenvalue weighted by Crippen LogP contribution is 2.25. The number of fused-ring (bicyclic) bond motifs is 1. The van der Waals surface area contributed by atoms with Crippen LogP contribution in [0.3, 0.4) is 0 Å². The lowest BCUT2D eigenvalue weighted by molar-refractivity contribution is 0.614. The summed E-state index contributed by atoms with van der Waals surface area (Å²) >= 11 is 9.10. The second-order valence-corrected chi connectivity index (χ2v) is 6.40. The van der Waals surface area contributed by atoms with Gasteiger partial charge in [-0.05, 0) is 53.2 Å². The topological polar surface area (TPSA) is 57.8 Å². The number of anilines is 1.